The zero-order chi connectivity index (χ0) is 40.0. The molecule has 2 atom stereocenters. The normalized spacial score (nSPS) is 13.6. The summed E-state index contributed by atoms with van der Waals surface area (Å²) in [5.41, 5.74) is 0. The van der Waals surface area contributed by atoms with E-state index in [1.54, 1.807) is 6.08 Å². The molecule has 0 aromatic carbocycles. The fourth-order valence-electron chi connectivity index (χ4n) is 6.75. The van der Waals surface area contributed by atoms with Crippen LogP contribution < -0.4 is 5.32 Å². The van der Waals surface area contributed by atoms with Gasteiger partial charge in [0.25, 0.3) is 0 Å². The highest BCUT2D eigenvalue weighted by atomic mass is 16.3. The second kappa shape index (κ2) is 46.2. The molecule has 0 aromatic rings. The number of hydrogen-bond acceptors (Lipinski definition) is 3. The third-order valence-corrected chi connectivity index (χ3v) is 10.4. The van der Waals surface area contributed by atoms with Crippen LogP contribution in [0.25, 0.3) is 0 Å². The number of nitrogens with one attached hydrogen (secondary N) is 1. The molecule has 0 saturated carbocycles. The van der Waals surface area contributed by atoms with Gasteiger partial charge in [-0.3, -0.25) is 4.79 Å². The summed E-state index contributed by atoms with van der Waals surface area (Å²) in [4.78, 5) is 12.4. The molecule has 4 nitrogen and oxygen atoms in total. The molecular formula is C51H91NO3. The second-order valence-electron chi connectivity index (χ2n) is 15.8. The molecule has 0 rings (SSSR count). The van der Waals surface area contributed by atoms with E-state index in [1.807, 2.05) is 6.08 Å². The first-order valence-corrected chi connectivity index (χ1v) is 23.7. The Bertz CT molecular complexity index is 961. The van der Waals surface area contributed by atoms with Crippen LogP contribution in [0.2, 0.25) is 0 Å². The Morgan fingerprint density at radius 3 is 1.18 bits per heavy atom. The van der Waals surface area contributed by atoms with E-state index >= 15 is 0 Å². The van der Waals surface area contributed by atoms with E-state index in [4.69, 9.17) is 0 Å². The number of carbonyl (C=O) groups is 1. The maximum Gasteiger partial charge on any atom is 0.220 e. The van der Waals surface area contributed by atoms with Crippen LogP contribution >= 0.6 is 0 Å². The van der Waals surface area contributed by atoms with Crippen molar-refractivity contribution in [1.82, 2.24) is 5.32 Å². The van der Waals surface area contributed by atoms with Crippen molar-refractivity contribution < 1.29 is 15.0 Å². The molecule has 318 valence electrons. The van der Waals surface area contributed by atoms with Gasteiger partial charge >= 0.3 is 0 Å². The summed E-state index contributed by atoms with van der Waals surface area (Å²) >= 11 is 0. The van der Waals surface area contributed by atoms with E-state index in [2.05, 4.69) is 79.9 Å². The largest absolute Gasteiger partial charge is 0.394 e. The van der Waals surface area contributed by atoms with Gasteiger partial charge in [-0.1, -0.05) is 209 Å². The molecule has 0 heterocycles. The summed E-state index contributed by atoms with van der Waals surface area (Å²) in [5.74, 6) is -0.0921. The van der Waals surface area contributed by atoms with E-state index in [0.29, 0.717) is 6.42 Å². The molecule has 0 aromatic heterocycles. The lowest BCUT2D eigenvalue weighted by atomic mass is 10.0. The van der Waals surface area contributed by atoms with Crippen molar-refractivity contribution in [1.29, 1.82) is 0 Å². The Balaban J connectivity index is 3.68. The molecule has 55 heavy (non-hydrogen) atoms. The van der Waals surface area contributed by atoms with Gasteiger partial charge in [-0.25, -0.2) is 0 Å². The molecule has 0 aliphatic heterocycles. The molecule has 0 radical (unpaired) electrons. The van der Waals surface area contributed by atoms with Gasteiger partial charge in [0.1, 0.15) is 0 Å². The standard InChI is InChI=1S/C51H91NO3/c1-3-5-7-9-11-13-15-17-19-21-23-25-27-28-30-32-34-36-38-40-42-44-46-50(54)49(48-53)52-51(55)47-45-43-41-39-37-35-33-31-29-26-24-22-20-18-16-14-12-10-8-6-4-2/h16,18,22,24,28-31,36,38,44,46,49-50,53-54H,3-15,17,19-21,23,25-27,32-35,37,39-43,45,47-48H2,1-2H3,(H,52,55)/b18-16-,24-22-,30-28+,31-29-,38-36+,46-44+. The number of amides is 1. The fraction of sp³-hybridized carbons (Fsp3) is 0.745. The van der Waals surface area contributed by atoms with E-state index in [1.165, 1.54) is 141 Å². The minimum Gasteiger partial charge on any atom is -0.394 e. The summed E-state index contributed by atoms with van der Waals surface area (Å²) in [7, 11) is 0. The van der Waals surface area contributed by atoms with Crippen molar-refractivity contribution in [2.75, 3.05) is 6.61 Å². The molecule has 3 N–H and O–H groups in total. The molecule has 0 aliphatic carbocycles. The second-order valence-corrected chi connectivity index (χ2v) is 15.8. The highest BCUT2D eigenvalue weighted by molar-refractivity contribution is 5.76. The van der Waals surface area contributed by atoms with Gasteiger partial charge in [-0.15, -0.1) is 0 Å². The third-order valence-electron chi connectivity index (χ3n) is 10.4. The minimum absolute atomic E-state index is 0.0921. The molecule has 0 bridgehead atoms. The predicted molar refractivity (Wildman–Crippen MR) is 244 cm³/mol. The highest BCUT2D eigenvalue weighted by Crippen LogP contribution is 2.13. The molecule has 0 aliphatic rings. The first kappa shape index (κ1) is 52.8. The number of carbonyl (C=O) groups excluding carboxylic acids is 1. The number of aliphatic hydroxyl groups excluding tert-OH is 2. The van der Waals surface area contributed by atoms with Crippen LogP contribution in [-0.4, -0.2) is 34.9 Å². The number of unbranched alkanes of at least 4 members (excludes halogenated alkanes) is 25. The number of allylic oxidation sites excluding steroid dienone is 11. The maximum atomic E-state index is 12.4. The topological polar surface area (TPSA) is 69.6 Å². The van der Waals surface area contributed by atoms with E-state index < -0.39 is 12.1 Å². The van der Waals surface area contributed by atoms with E-state index in [9.17, 15) is 15.0 Å². The van der Waals surface area contributed by atoms with Gasteiger partial charge in [0, 0.05) is 6.42 Å². The van der Waals surface area contributed by atoms with E-state index in [-0.39, 0.29) is 12.5 Å². The first-order valence-electron chi connectivity index (χ1n) is 23.7. The lowest BCUT2D eigenvalue weighted by Gasteiger charge is -2.19. The van der Waals surface area contributed by atoms with Crippen LogP contribution in [-0.2, 0) is 4.79 Å². The quantitative estimate of drug-likeness (QED) is 0.0428. The van der Waals surface area contributed by atoms with Crippen LogP contribution in [0.5, 0.6) is 0 Å². The Labute approximate surface area is 342 Å². The first-order chi connectivity index (χ1) is 27.2. The highest BCUT2D eigenvalue weighted by Gasteiger charge is 2.17. The lowest BCUT2D eigenvalue weighted by Crippen LogP contribution is -2.45. The molecule has 2 unspecified atom stereocenters. The van der Waals surface area contributed by atoms with Crippen molar-refractivity contribution >= 4 is 5.91 Å². The SMILES string of the molecule is CCCCCCC/C=C\C/C=C\C/C=C\CCCCCCCCC(=O)NC(CO)C(O)/C=C/CC/C=C/CC/C=C/CCCCCCCCCCCCCC. The van der Waals surface area contributed by atoms with Crippen LogP contribution in [0.3, 0.4) is 0 Å². The van der Waals surface area contributed by atoms with Gasteiger partial charge in [0.05, 0.1) is 18.8 Å². The van der Waals surface area contributed by atoms with Crippen molar-refractivity contribution in [2.24, 2.45) is 0 Å². The van der Waals surface area contributed by atoms with Crippen LogP contribution in [0.4, 0.5) is 0 Å². The summed E-state index contributed by atoms with van der Waals surface area (Å²) in [6.45, 7) is 4.28. The van der Waals surface area contributed by atoms with Gasteiger partial charge in [-0.2, -0.15) is 0 Å². The van der Waals surface area contributed by atoms with E-state index in [0.717, 1.165) is 64.2 Å². The monoisotopic (exact) mass is 766 g/mol. The molecule has 0 spiro atoms. The van der Waals surface area contributed by atoms with Gasteiger partial charge in [-0.05, 0) is 83.5 Å². The van der Waals surface area contributed by atoms with Crippen LogP contribution in [0, 0.1) is 0 Å². The number of hydrogen-bond donors (Lipinski definition) is 3. The zero-order valence-electron chi connectivity index (χ0n) is 36.4. The van der Waals surface area contributed by atoms with Crippen LogP contribution in [0.1, 0.15) is 226 Å². The molecule has 4 heteroatoms. The van der Waals surface area contributed by atoms with Gasteiger partial charge in [0.2, 0.25) is 5.91 Å². The number of aliphatic hydroxyl groups is 2. The zero-order valence-corrected chi connectivity index (χ0v) is 36.4. The van der Waals surface area contributed by atoms with Crippen molar-refractivity contribution in [3.63, 3.8) is 0 Å². The van der Waals surface area contributed by atoms with Gasteiger partial charge < -0.3 is 15.5 Å². The summed E-state index contributed by atoms with van der Waals surface area (Å²) in [5, 5.41) is 23.0. The Kier molecular flexibility index (Phi) is 44.4. The summed E-state index contributed by atoms with van der Waals surface area (Å²) in [6.07, 6.45) is 65.9. The molecule has 0 saturated heterocycles. The van der Waals surface area contributed by atoms with Crippen LogP contribution in [0.15, 0.2) is 72.9 Å². The minimum atomic E-state index is -0.880. The maximum absolute atomic E-state index is 12.4. The average molecular weight is 766 g/mol. The summed E-state index contributed by atoms with van der Waals surface area (Å²) in [6, 6.07) is -0.656. The smallest absolute Gasteiger partial charge is 0.220 e. The predicted octanol–water partition coefficient (Wildman–Crippen LogP) is 15.1. The fourth-order valence-corrected chi connectivity index (χ4v) is 6.75. The third kappa shape index (κ3) is 42.8. The average Bonchev–Trinajstić information content (AvgIpc) is 3.19. The Morgan fingerprint density at radius 2 is 0.764 bits per heavy atom. The molecular weight excluding hydrogens is 675 g/mol. The van der Waals surface area contributed by atoms with Crippen molar-refractivity contribution in [3.05, 3.63) is 72.9 Å². The Hall–Kier alpha value is -2.17. The van der Waals surface area contributed by atoms with Crippen molar-refractivity contribution in [2.45, 2.75) is 238 Å². The van der Waals surface area contributed by atoms with Gasteiger partial charge in [0.15, 0.2) is 0 Å². The van der Waals surface area contributed by atoms with Crippen molar-refractivity contribution in [3.8, 4) is 0 Å². The number of rotatable bonds is 42. The lowest BCUT2D eigenvalue weighted by molar-refractivity contribution is -0.123. The molecule has 0 fully saturated rings. The molecule has 1 amide bonds. The Morgan fingerprint density at radius 1 is 0.436 bits per heavy atom. The summed E-state index contributed by atoms with van der Waals surface area (Å²) < 4.78 is 0.